The molecule has 0 aliphatic heterocycles. The Hall–Kier alpha value is -2.80. The van der Waals surface area contributed by atoms with Crippen LogP contribution in [0.2, 0.25) is 15.2 Å². The van der Waals surface area contributed by atoms with Gasteiger partial charge in [-0.1, -0.05) is 59.1 Å². The molecule has 1 heterocycles. The zero-order chi connectivity index (χ0) is 23.3. The number of methoxy groups -OCH3 is 1. The minimum atomic E-state index is -0.986. The Balaban J connectivity index is 2.08. The van der Waals surface area contributed by atoms with Gasteiger partial charge in [-0.05, 0) is 35.9 Å². The fraction of sp³-hybridized carbons (Fsp3) is 0.174. The predicted molar refractivity (Wildman–Crippen MR) is 126 cm³/mol. The highest BCUT2D eigenvalue weighted by Crippen LogP contribution is 2.29. The van der Waals surface area contributed by atoms with E-state index in [-0.39, 0.29) is 33.7 Å². The molecule has 0 saturated carbocycles. The summed E-state index contributed by atoms with van der Waals surface area (Å²) in [6.07, 6.45) is 1.72. The minimum Gasteiger partial charge on any atom is -0.467 e. The van der Waals surface area contributed by atoms with Crippen LogP contribution in [0.5, 0.6) is 0 Å². The molecule has 0 saturated heterocycles. The van der Waals surface area contributed by atoms with Gasteiger partial charge in [-0.25, -0.2) is 9.78 Å². The molecule has 1 atom stereocenters. The first-order valence-electron chi connectivity index (χ1n) is 9.58. The highest BCUT2D eigenvalue weighted by atomic mass is 35.5. The van der Waals surface area contributed by atoms with E-state index >= 15 is 0 Å². The fourth-order valence-electron chi connectivity index (χ4n) is 3.22. The van der Waals surface area contributed by atoms with Crippen LogP contribution in [0, 0.1) is 0 Å². The molecule has 0 bridgehead atoms. The van der Waals surface area contributed by atoms with Gasteiger partial charge in [-0.3, -0.25) is 4.79 Å². The number of esters is 1. The lowest BCUT2D eigenvalue weighted by atomic mass is 10.0. The molecule has 0 unspecified atom stereocenters. The lowest BCUT2D eigenvalue weighted by Gasteiger charge is -2.31. The van der Waals surface area contributed by atoms with Crippen molar-refractivity contribution < 1.29 is 14.3 Å². The number of aromatic nitrogens is 1. The minimum absolute atomic E-state index is 0.0121. The van der Waals surface area contributed by atoms with Crippen LogP contribution in [0.1, 0.15) is 21.5 Å². The molecule has 1 amide bonds. The maximum Gasteiger partial charge on any atom is 0.328 e. The first-order chi connectivity index (χ1) is 15.3. The summed E-state index contributed by atoms with van der Waals surface area (Å²) < 4.78 is 5.03. The zero-order valence-corrected chi connectivity index (χ0v) is 19.4. The maximum atomic E-state index is 13.7. The summed E-state index contributed by atoms with van der Waals surface area (Å²) in [5, 5.41) is 0.549. The van der Waals surface area contributed by atoms with Crippen molar-refractivity contribution in [1.82, 2.24) is 9.88 Å². The van der Waals surface area contributed by atoms with Crippen molar-refractivity contribution in [3.63, 3.8) is 0 Å². The lowest BCUT2D eigenvalue weighted by molar-refractivity contribution is -0.146. The number of carbonyl (C=O) groups excluding carboxylic acids is 2. The number of ether oxygens (including phenoxy) is 1. The van der Waals surface area contributed by atoms with Crippen LogP contribution in [-0.2, 0) is 22.5 Å². The van der Waals surface area contributed by atoms with Crippen LogP contribution in [0.25, 0.3) is 0 Å². The smallest absolute Gasteiger partial charge is 0.328 e. The molecule has 3 rings (SSSR count). The molecule has 2 aromatic carbocycles. The number of carbonyl (C=O) groups is 2. The second-order valence-electron chi connectivity index (χ2n) is 6.97. The molecule has 3 aromatic rings. The number of rotatable bonds is 7. The molecule has 0 aliphatic carbocycles. The normalized spacial score (nSPS) is 11.6. The first-order valence-corrected chi connectivity index (χ1v) is 10.7. The van der Waals surface area contributed by atoms with Crippen LogP contribution in [-0.4, -0.2) is 34.9 Å². The molecule has 2 N–H and O–H groups in total. The number of amides is 1. The Morgan fingerprint density at radius 1 is 1.03 bits per heavy atom. The molecular weight excluding hydrogens is 473 g/mol. The summed E-state index contributed by atoms with van der Waals surface area (Å²) in [7, 11) is 1.26. The average Bonchev–Trinajstić information content (AvgIpc) is 2.78. The second kappa shape index (κ2) is 10.7. The SMILES string of the molecule is COC(=O)[C@H](Cc1ccc(N)cc1)N(Cc1cccnc1Cl)C(=O)c1c(Cl)cccc1Cl. The van der Waals surface area contributed by atoms with Crippen LogP contribution < -0.4 is 5.73 Å². The van der Waals surface area contributed by atoms with Crippen LogP contribution in [0.15, 0.2) is 60.8 Å². The van der Waals surface area contributed by atoms with Gasteiger partial charge in [0, 0.05) is 30.4 Å². The van der Waals surface area contributed by atoms with Crippen molar-refractivity contribution in [3.8, 4) is 0 Å². The van der Waals surface area contributed by atoms with E-state index in [0.717, 1.165) is 5.56 Å². The number of nitrogens with two attached hydrogens (primary N) is 1. The zero-order valence-electron chi connectivity index (χ0n) is 17.1. The van der Waals surface area contributed by atoms with Gasteiger partial charge in [-0.2, -0.15) is 0 Å². The van der Waals surface area contributed by atoms with E-state index in [1.165, 1.54) is 18.2 Å². The molecule has 32 heavy (non-hydrogen) atoms. The van der Waals surface area contributed by atoms with Crippen molar-refractivity contribution in [1.29, 1.82) is 0 Å². The average molecular weight is 493 g/mol. The molecule has 0 spiro atoms. The fourth-order valence-corrected chi connectivity index (χ4v) is 3.96. The predicted octanol–water partition coefficient (Wildman–Crippen LogP) is 5.05. The molecule has 0 radical (unpaired) electrons. The van der Waals surface area contributed by atoms with Gasteiger partial charge in [0.15, 0.2) is 0 Å². The number of anilines is 1. The van der Waals surface area contributed by atoms with E-state index in [2.05, 4.69) is 4.98 Å². The maximum absolute atomic E-state index is 13.7. The van der Waals surface area contributed by atoms with Gasteiger partial charge < -0.3 is 15.4 Å². The topological polar surface area (TPSA) is 85.5 Å². The summed E-state index contributed by atoms with van der Waals surface area (Å²) in [6.45, 7) is -0.0121. The van der Waals surface area contributed by atoms with Gasteiger partial charge in [0.05, 0.1) is 22.7 Å². The summed E-state index contributed by atoms with van der Waals surface area (Å²) in [6, 6.07) is 14.2. The molecule has 166 valence electrons. The number of halogens is 3. The molecule has 1 aromatic heterocycles. The van der Waals surface area contributed by atoms with E-state index < -0.39 is 17.9 Å². The van der Waals surface area contributed by atoms with Gasteiger partial charge in [-0.15, -0.1) is 0 Å². The lowest BCUT2D eigenvalue weighted by Crippen LogP contribution is -2.46. The van der Waals surface area contributed by atoms with E-state index in [1.807, 2.05) is 0 Å². The molecular formula is C23H20Cl3N3O3. The highest BCUT2D eigenvalue weighted by molar-refractivity contribution is 6.39. The van der Waals surface area contributed by atoms with E-state index in [4.69, 9.17) is 45.3 Å². The van der Waals surface area contributed by atoms with Crippen molar-refractivity contribution in [2.75, 3.05) is 12.8 Å². The van der Waals surface area contributed by atoms with E-state index in [1.54, 1.807) is 54.6 Å². The third kappa shape index (κ3) is 5.51. The highest BCUT2D eigenvalue weighted by Gasteiger charge is 2.34. The Morgan fingerprint density at radius 2 is 1.69 bits per heavy atom. The number of pyridine rings is 1. The van der Waals surface area contributed by atoms with Crippen LogP contribution in [0.4, 0.5) is 5.69 Å². The third-order valence-corrected chi connectivity index (χ3v) is 5.84. The van der Waals surface area contributed by atoms with E-state index in [9.17, 15) is 9.59 Å². The summed E-state index contributed by atoms with van der Waals surface area (Å²) in [5.74, 6) is -1.13. The van der Waals surface area contributed by atoms with Crippen molar-refractivity contribution in [2.24, 2.45) is 0 Å². The number of hydrogen-bond donors (Lipinski definition) is 1. The Labute approximate surface area is 200 Å². The third-order valence-electron chi connectivity index (χ3n) is 4.87. The van der Waals surface area contributed by atoms with Gasteiger partial charge >= 0.3 is 5.97 Å². The molecule has 0 aliphatic rings. The summed E-state index contributed by atoms with van der Waals surface area (Å²) in [4.78, 5) is 31.9. The number of benzene rings is 2. The summed E-state index contributed by atoms with van der Waals surface area (Å²) >= 11 is 18.8. The summed E-state index contributed by atoms with van der Waals surface area (Å²) in [5.41, 5.74) is 7.78. The molecule has 9 heteroatoms. The Bertz CT molecular complexity index is 1100. The Morgan fingerprint density at radius 3 is 2.28 bits per heavy atom. The largest absolute Gasteiger partial charge is 0.467 e. The molecule has 6 nitrogen and oxygen atoms in total. The number of nitrogen functional groups attached to an aromatic ring is 1. The van der Waals surface area contributed by atoms with Gasteiger partial charge in [0.25, 0.3) is 5.91 Å². The Kier molecular flexibility index (Phi) is 7.96. The number of nitrogens with zero attached hydrogens (tertiary/aromatic N) is 2. The second-order valence-corrected chi connectivity index (χ2v) is 8.14. The monoisotopic (exact) mass is 491 g/mol. The van der Waals surface area contributed by atoms with Crippen molar-refractivity contribution >= 4 is 52.4 Å². The van der Waals surface area contributed by atoms with Crippen LogP contribution >= 0.6 is 34.8 Å². The number of hydrogen-bond acceptors (Lipinski definition) is 5. The van der Waals surface area contributed by atoms with Crippen molar-refractivity contribution in [3.05, 3.63) is 92.7 Å². The van der Waals surface area contributed by atoms with Gasteiger partial charge in [0.2, 0.25) is 0 Å². The standard InChI is InChI=1S/C23H20Cl3N3O3/c1-32-23(31)19(12-14-7-9-16(27)10-8-14)29(13-15-4-3-11-28-21(15)26)22(30)20-17(24)5-2-6-18(20)25/h2-11,19H,12-13,27H2,1H3/t19-/m0/s1. The first kappa shape index (κ1) is 23.9. The van der Waals surface area contributed by atoms with E-state index in [0.29, 0.717) is 11.3 Å². The molecule has 0 fully saturated rings. The quantitative estimate of drug-likeness (QED) is 0.283. The van der Waals surface area contributed by atoms with Crippen molar-refractivity contribution in [2.45, 2.75) is 19.0 Å². The van der Waals surface area contributed by atoms with Gasteiger partial charge in [0.1, 0.15) is 11.2 Å². The van der Waals surface area contributed by atoms with Crippen LogP contribution in [0.3, 0.4) is 0 Å².